The van der Waals surface area contributed by atoms with E-state index in [-0.39, 0.29) is 5.91 Å². The Morgan fingerprint density at radius 2 is 1.84 bits per heavy atom. The van der Waals surface area contributed by atoms with Crippen LogP contribution in [-0.2, 0) is 6.54 Å². The number of carbonyl (C=O) groups is 1. The van der Waals surface area contributed by atoms with Gasteiger partial charge in [-0.3, -0.25) is 9.78 Å². The molecule has 1 amide bonds. The van der Waals surface area contributed by atoms with Crippen molar-refractivity contribution in [1.82, 2.24) is 10.3 Å². The Morgan fingerprint density at radius 3 is 2.68 bits per heavy atom. The molecule has 2 aromatic carbocycles. The van der Waals surface area contributed by atoms with E-state index in [0.717, 1.165) is 23.1 Å². The van der Waals surface area contributed by atoms with E-state index in [1.165, 1.54) is 36.1 Å². The van der Waals surface area contributed by atoms with Gasteiger partial charge in [-0.2, -0.15) is 0 Å². The van der Waals surface area contributed by atoms with E-state index in [9.17, 15) is 4.79 Å². The van der Waals surface area contributed by atoms with Gasteiger partial charge in [-0.15, -0.1) is 0 Å². The van der Waals surface area contributed by atoms with E-state index in [1.807, 2.05) is 24.3 Å². The number of hydrogen-bond acceptors (Lipinski definition) is 3. The predicted molar refractivity (Wildman–Crippen MR) is 122 cm³/mol. The molecule has 5 atom stereocenters. The zero-order valence-electron chi connectivity index (χ0n) is 17.5. The molecule has 0 saturated heterocycles. The highest BCUT2D eigenvalue weighted by Gasteiger charge is 2.53. The molecule has 3 aromatic rings. The average Bonchev–Trinajstić information content (AvgIpc) is 3.46. The second kappa shape index (κ2) is 7.52. The van der Waals surface area contributed by atoms with Crippen LogP contribution in [0.1, 0.15) is 58.4 Å². The molecule has 1 aromatic heterocycles. The zero-order valence-corrected chi connectivity index (χ0v) is 17.5. The number of aromatic nitrogens is 1. The number of fused-ring (bicyclic) bond motifs is 7. The average molecular weight is 410 g/mol. The molecule has 2 saturated carbocycles. The number of rotatable bonds is 4. The van der Waals surface area contributed by atoms with Crippen LogP contribution in [0.5, 0.6) is 0 Å². The second-order valence-electron chi connectivity index (χ2n) is 9.27. The lowest BCUT2D eigenvalue weighted by Gasteiger charge is -2.43. The lowest BCUT2D eigenvalue weighted by atomic mass is 9.68. The van der Waals surface area contributed by atoms with Crippen LogP contribution in [0.15, 0.2) is 72.9 Å². The van der Waals surface area contributed by atoms with Gasteiger partial charge in [0.2, 0.25) is 0 Å². The highest BCUT2D eigenvalue weighted by molar-refractivity contribution is 5.95. The molecule has 156 valence electrons. The Labute approximate surface area is 183 Å². The molecule has 2 aliphatic carbocycles. The van der Waals surface area contributed by atoms with Crippen LogP contribution in [0.2, 0.25) is 0 Å². The van der Waals surface area contributed by atoms with Gasteiger partial charge < -0.3 is 10.6 Å². The molecule has 2 N–H and O–H groups in total. The predicted octanol–water partition coefficient (Wildman–Crippen LogP) is 5.31. The van der Waals surface area contributed by atoms with Crippen LogP contribution < -0.4 is 10.6 Å². The van der Waals surface area contributed by atoms with Crippen molar-refractivity contribution in [3.63, 3.8) is 0 Å². The maximum atomic E-state index is 12.9. The summed E-state index contributed by atoms with van der Waals surface area (Å²) in [5.74, 6) is 2.65. The van der Waals surface area contributed by atoms with E-state index in [0.29, 0.717) is 24.4 Å². The third-order valence-electron chi connectivity index (χ3n) is 7.66. The molecular weight excluding hydrogens is 382 g/mol. The van der Waals surface area contributed by atoms with Crippen molar-refractivity contribution in [1.29, 1.82) is 0 Å². The number of nitrogens with zero attached hydrogens (tertiary/aromatic N) is 1. The van der Waals surface area contributed by atoms with Crippen LogP contribution >= 0.6 is 0 Å². The first-order valence-electron chi connectivity index (χ1n) is 11.4. The van der Waals surface area contributed by atoms with Crippen molar-refractivity contribution in [2.75, 3.05) is 5.32 Å². The van der Waals surface area contributed by atoms with Crippen molar-refractivity contribution in [2.24, 2.45) is 17.8 Å². The monoisotopic (exact) mass is 409 g/mol. The van der Waals surface area contributed by atoms with Crippen molar-refractivity contribution in [3.05, 3.63) is 95.3 Å². The molecule has 4 heteroatoms. The summed E-state index contributed by atoms with van der Waals surface area (Å²) >= 11 is 0. The van der Waals surface area contributed by atoms with Crippen LogP contribution in [0.4, 0.5) is 5.69 Å². The molecule has 3 aliphatic rings. The number of nitrogens with one attached hydrogen (secondary N) is 2. The third kappa shape index (κ3) is 3.21. The summed E-state index contributed by atoms with van der Waals surface area (Å²) in [7, 11) is 0. The number of amides is 1. The smallest absolute Gasteiger partial charge is 0.251 e. The van der Waals surface area contributed by atoms with E-state index in [4.69, 9.17) is 0 Å². The van der Waals surface area contributed by atoms with Gasteiger partial charge in [0.05, 0.1) is 18.3 Å². The first-order valence-corrected chi connectivity index (χ1v) is 11.4. The van der Waals surface area contributed by atoms with E-state index >= 15 is 0 Å². The van der Waals surface area contributed by atoms with E-state index < -0.39 is 0 Å². The summed E-state index contributed by atoms with van der Waals surface area (Å²) in [6.07, 6.45) is 5.75. The minimum atomic E-state index is -0.0293. The fourth-order valence-electron chi connectivity index (χ4n) is 6.39. The summed E-state index contributed by atoms with van der Waals surface area (Å²) < 4.78 is 0. The largest absolute Gasteiger partial charge is 0.378 e. The van der Waals surface area contributed by atoms with Gasteiger partial charge in [-0.25, -0.2) is 0 Å². The fraction of sp³-hybridized carbons (Fsp3) is 0.333. The normalized spacial score (nSPS) is 27.8. The molecule has 2 heterocycles. The quantitative estimate of drug-likeness (QED) is 0.614. The van der Waals surface area contributed by atoms with E-state index in [1.54, 1.807) is 6.20 Å². The maximum absolute atomic E-state index is 12.9. The van der Waals surface area contributed by atoms with E-state index in [2.05, 4.69) is 58.1 Å². The first kappa shape index (κ1) is 18.6. The summed E-state index contributed by atoms with van der Waals surface area (Å²) in [5.41, 5.74) is 5.54. The number of benzene rings is 2. The van der Waals surface area contributed by atoms with Gasteiger partial charge in [-0.1, -0.05) is 36.4 Å². The van der Waals surface area contributed by atoms with Crippen molar-refractivity contribution >= 4 is 11.6 Å². The minimum absolute atomic E-state index is 0.0293. The van der Waals surface area contributed by atoms with Gasteiger partial charge in [0, 0.05) is 17.4 Å². The SMILES string of the molecule is O=C(NCc1ccccn1)c1ccc2c(c1)[C@H]1[C@H]3CC[C@@H](C3)[C@@H]1[C@H](c1ccccc1)N2. The Morgan fingerprint density at radius 1 is 1.00 bits per heavy atom. The van der Waals surface area contributed by atoms with Crippen LogP contribution in [0, 0.1) is 17.8 Å². The maximum Gasteiger partial charge on any atom is 0.251 e. The summed E-state index contributed by atoms with van der Waals surface area (Å²) in [4.78, 5) is 17.2. The standard InChI is InChI=1S/C27H27N3O/c31-27(29-16-21-8-4-5-13-28-21)20-11-12-23-22(15-20)24-18-9-10-19(14-18)25(24)26(30-23)17-6-2-1-3-7-17/h1-8,11-13,15,18-19,24-26,30H,9-10,14,16H2,(H,29,31)/t18-,19-,24+,25-,26-/m0/s1. The second-order valence-corrected chi connectivity index (χ2v) is 9.27. The number of pyridine rings is 1. The molecule has 31 heavy (non-hydrogen) atoms. The van der Waals surface area contributed by atoms with Gasteiger partial charge >= 0.3 is 0 Å². The molecule has 2 fully saturated rings. The molecule has 4 nitrogen and oxygen atoms in total. The summed E-state index contributed by atoms with van der Waals surface area (Å²) in [6.45, 7) is 0.446. The van der Waals surface area contributed by atoms with Gasteiger partial charge in [0.15, 0.2) is 0 Å². The fourth-order valence-corrected chi connectivity index (χ4v) is 6.39. The van der Waals surface area contributed by atoms with Gasteiger partial charge in [0.25, 0.3) is 5.91 Å². The molecule has 0 spiro atoms. The number of hydrogen-bond donors (Lipinski definition) is 2. The number of anilines is 1. The van der Waals surface area contributed by atoms with Crippen molar-refractivity contribution in [3.8, 4) is 0 Å². The topological polar surface area (TPSA) is 54.0 Å². The van der Waals surface area contributed by atoms with Crippen molar-refractivity contribution in [2.45, 2.75) is 37.8 Å². The summed E-state index contributed by atoms with van der Waals surface area (Å²) in [5, 5.41) is 6.88. The Bertz CT molecular complexity index is 1100. The van der Waals surface area contributed by atoms with Crippen LogP contribution in [0.3, 0.4) is 0 Å². The molecule has 6 rings (SSSR count). The summed E-state index contributed by atoms with van der Waals surface area (Å²) in [6, 6.07) is 23.2. The lowest BCUT2D eigenvalue weighted by Crippen LogP contribution is -2.35. The molecular formula is C27H27N3O. The zero-order chi connectivity index (χ0) is 20.8. The minimum Gasteiger partial charge on any atom is -0.378 e. The molecule has 0 unspecified atom stereocenters. The Balaban J connectivity index is 1.30. The third-order valence-corrected chi connectivity index (χ3v) is 7.66. The molecule has 1 aliphatic heterocycles. The Kier molecular flexibility index (Phi) is 4.52. The molecule has 0 radical (unpaired) electrons. The molecule has 2 bridgehead atoms. The highest BCUT2D eigenvalue weighted by atomic mass is 16.1. The van der Waals surface area contributed by atoms with Gasteiger partial charge in [-0.05, 0) is 84.4 Å². The first-order chi connectivity index (χ1) is 15.3. The lowest BCUT2D eigenvalue weighted by molar-refractivity contribution is 0.0950. The van der Waals surface area contributed by atoms with Crippen LogP contribution in [-0.4, -0.2) is 10.9 Å². The van der Waals surface area contributed by atoms with Crippen molar-refractivity contribution < 1.29 is 4.79 Å². The Hall–Kier alpha value is -3.14. The number of carbonyl (C=O) groups excluding carboxylic acids is 1. The highest BCUT2D eigenvalue weighted by Crippen LogP contribution is 2.63. The van der Waals surface area contributed by atoms with Crippen LogP contribution in [0.25, 0.3) is 0 Å². The van der Waals surface area contributed by atoms with Gasteiger partial charge in [0.1, 0.15) is 0 Å².